The average Bonchev–Trinajstić information content (AvgIpc) is 3.01. The highest BCUT2D eigenvalue weighted by molar-refractivity contribution is 6.00. The summed E-state index contributed by atoms with van der Waals surface area (Å²) in [5.74, 6) is 0.274. The predicted molar refractivity (Wildman–Crippen MR) is 88.4 cm³/mol. The lowest BCUT2D eigenvalue weighted by Gasteiger charge is -2.23. The third-order valence-corrected chi connectivity index (χ3v) is 4.24. The molecule has 1 aliphatic rings. The Hall–Kier alpha value is -1.95. The molecule has 1 heterocycles. The van der Waals surface area contributed by atoms with Crippen LogP contribution in [0.25, 0.3) is 0 Å². The third kappa shape index (κ3) is 3.88. The Morgan fingerprint density at radius 2 is 2.22 bits per heavy atom. The van der Waals surface area contributed by atoms with Crippen LogP contribution in [0.4, 0.5) is 0 Å². The fourth-order valence-electron chi connectivity index (χ4n) is 3.06. The van der Waals surface area contributed by atoms with Crippen LogP contribution in [0.5, 0.6) is 17.2 Å². The van der Waals surface area contributed by atoms with Gasteiger partial charge < -0.3 is 19.9 Å². The van der Waals surface area contributed by atoms with E-state index in [0.29, 0.717) is 24.9 Å². The lowest BCUT2D eigenvalue weighted by molar-refractivity contribution is 0.0934. The quantitative estimate of drug-likeness (QED) is 0.803. The summed E-state index contributed by atoms with van der Waals surface area (Å²) in [5, 5.41) is 13.0. The summed E-state index contributed by atoms with van der Waals surface area (Å²) in [7, 11) is 1.51. The first kappa shape index (κ1) is 17.4. The van der Waals surface area contributed by atoms with E-state index >= 15 is 0 Å². The zero-order valence-corrected chi connectivity index (χ0v) is 14.1. The molecule has 0 aromatic heterocycles. The first-order valence-electron chi connectivity index (χ1n) is 8.17. The second-order valence-corrected chi connectivity index (χ2v) is 5.56. The van der Waals surface area contributed by atoms with Crippen molar-refractivity contribution >= 4 is 5.91 Å². The zero-order chi connectivity index (χ0) is 16.8. The maximum Gasteiger partial charge on any atom is 0.259 e. The largest absolute Gasteiger partial charge is 0.507 e. The van der Waals surface area contributed by atoms with Gasteiger partial charge >= 0.3 is 0 Å². The number of carbonyl (C=O) groups is 1. The fraction of sp³-hybridized carbons (Fsp3) is 0.588. The predicted octanol–water partition coefficient (Wildman–Crippen LogP) is 2.01. The Bertz CT molecular complexity index is 548. The van der Waals surface area contributed by atoms with Crippen molar-refractivity contribution in [1.29, 1.82) is 0 Å². The second-order valence-electron chi connectivity index (χ2n) is 5.56. The van der Waals surface area contributed by atoms with Gasteiger partial charge in [-0.3, -0.25) is 9.69 Å². The first-order valence-corrected chi connectivity index (χ1v) is 8.17. The Labute approximate surface area is 137 Å². The van der Waals surface area contributed by atoms with Crippen molar-refractivity contribution in [2.45, 2.75) is 32.7 Å². The standard InChI is InChI=1S/C17H26N2O4/c1-4-19-10-6-7-12(19)11-18-17(21)15-13(20)8-9-14(22-3)16(15)23-5-2/h8-9,12,20H,4-7,10-11H2,1-3H3,(H,18,21). The molecule has 1 fully saturated rings. The van der Waals surface area contributed by atoms with Crippen molar-refractivity contribution in [2.75, 3.05) is 33.4 Å². The molecule has 128 valence electrons. The van der Waals surface area contributed by atoms with Crippen molar-refractivity contribution in [3.63, 3.8) is 0 Å². The van der Waals surface area contributed by atoms with E-state index in [1.54, 1.807) is 6.07 Å². The molecule has 0 bridgehead atoms. The van der Waals surface area contributed by atoms with Crippen LogP contribution < -0.4 is 14.8 Å². The van der Waals surface area contributed by atoms with Crippen LogP contribution in [0.2, 0.25) is 0 Å². The molecule has 6 heteroatoms. The molecule has 6 nitrogen and oxygen atoms in total. The number of nitrogens with one attached hydrogen (secondary N) is 1. The SMILES string of the molecule is CCOc1c(OC)ccc(O)c1C(=O)NCC1CCCN1CC. The van der Waals surface area contributed by atoms with Crippen LogP contribution in [0.15, 0.2) is 12.1 Å². The molecule has 23 heavy (non-hydrogen) atoms. The minimum atomic E-state index is -0.340. The summed E-state index contributed by atoms with van der Waals surface area (Å²) in [6.07, 6.45) is 2.24. The van der Waals surface area contributed by atoms with Gasteiger partial charge in [0.05, 0.1) is 13.7 Å². The van der Waals surface area contributed by atoms with Crippen molar-refractivity contribution in [1.82, 2.24) is 10.2 Å². The number of phenolic OH excluding ortho intramolecular Hbond substituents is 1. The summed E-state index contributed by atoms with van der Waals surface area (Å²) in [6.45, 7) is 6.95. The van der Waals surface area contributed by atoms with E-state index in [1.165, 1.54) is 13.2 Å². The minimum absolute atomic E-state index is 0.106. The Balaban J connectivity index is 2.15. The number of carbonyl (C=O) groups excluding carboxylic acids is 1. The molecule has 1 atom stereocenters. The number of amides is 1. The number of methoxy groups -OCH3 is 1. The number of aromatic hydroxyl groups is 1. The zero-order valence-electron chi connectivity index (χ0n) is 14.1. The highest BCUT2D eigenvalue weighted by atomic mass is 16.5. The van der Waals surface area contributed by atoms with Gasteiger partial charge in [0, 0.05) is 12.6 Å². The molecule has 2 N–H and O–H groups in total. The molecule has 1 aliphatic heterocycles. The molecule has 1 aromatic rings. The molecule has 0 spiro atoms. The van der Waals surface area contributed by atoms with Crippen LogP contribution in [-0.4, -0.2) is 55.3 Å². The van der Waals surface area contributed by atoms with Crippen LogP contribution in [-0.2, 0) is 0 Å². The van der Waals surface area contributed by atoms with Crippen molar-refractivity contribution in [3.8, 4) is 17.2 Å². The number of hydrogen-bond acceptors (Lipinski definition) is 5. The first-order chi connectivity index (χ1) is 11.1. The van der Waals surface area contributed by atoms with Crippen molar-refractivity contribution in [3.05, 3.63) is 17.7 Å². The minimum Gasteiger partial charge on any atom is -0.507 e. The Kier molecular flexibility index (Phi) is 6.10. The molecule has 1 amide bonds. The number of likely N-dealkylation sites (N-methyl/N-ethyl adjacent to an activating group) is 1. The number of likely N-dealkylation sites (tertiary alicyclic amines) is 1. The Morgan fingerprint density at radius 3 is 2.87 bits per heavy atom. The smallest absolute Gasteiger partial charge is 0.259 e. The van der Waals surface area contributed by atoms with Gasteiger partial charge in [-0.2, -0.15) is 0 Å². The number of hydrogen-bond donors (Lipinski definition) is 2. The second kappa shape index (κ2) is 8.06. The summed E-state index contributed by atoms with van der Waals surface area (Å²) in [6, 6.07) is 3.39. The Morgan fingerprint density at radius 1 is 1.43 bits per heavy atom. The summed E-state index contributed by atoms with van der Waals surface area (Å²) in [5.41, 5.74) is 0.132. The van der Waals surface area contributed by atoms with E-state index in [9.17, 15) is 9.90 Å². The lowest BCUT2D eigenvalue weighted by Crippen LogP contribution is -2.40. The third-order valence-electron chi connectivity index (χ3n) is 4.24. The molecule has 1 saturated heterocycles. The average molecular weight is 322 g/mol. The number of phenols is 1. The molecule has 0 radical (unpaired) electrons. The molecule has 2 rings (SSSR count). The van der Waals surface area contributed by atoms with Crippen LogP contribution in [0.1, 0.15) is 37.0 Å². The van der Waals surface area contributed by atoms with Gasteiger partial charge in [-0.05, 0) is 45.0 Å². The molecule has 1 unspecified atom stereocenters. The van der Waals surface area contributed by atoms with Crippen LogP contribution in [0.3, 0.4) is 0 Å². The fourth-order valence-corrected chi connectivity index (χ4v) is 3.06. The van der Waals surface area contributed by atoms with Crippen LogP contribution >= 0.6 is 0 Å². The number of rotatable bonds is 7. The van der Waals surface area contributed by atoms with Gasteiger partial charge in [-0.15, -0.1) is 0 Å². The van der Waals surface area contributed by atoms with E-state index < -0.39 is 0 Å². The van der Waals surface area contributed by atoms with E-state index in [4.69, 9.17) is 9.47 Å². The summed E-state index contributed by atoms with van der Waals surface area (Å²) >= 11 is 0. The maximum atomic E-state index is 12.6. The molecule has 0 saturated carbocycles. The molecule has 0 aliphatic carbocycles. The molecular weight excluding hydrogens is 296 g/mol. The van der Waals surface area contributed by atoms with Gasteiger partial charge in [0.1, 0.15) is 11.3 Å². The van der Waals surface area contributed by atoms with Gasteiger partial charge in [-0.25, -0.2) is 0 Å². The lowest BCUT2D eigenvalue weighted by atomic mass is 10.1. The van der Waals surface area contributed by atoms with E-state index in [0.717, 1.165) is 25.9 Å². The number of benzene rings is 1. The van der Waals surface area contributed by atoms with E-state index in [1.807, 2.05) is 6.92 Å². The van der Waals surface area contributed by atoms with E-state index in [2.05, 4.69) is 17.1 Å². The van der Waals surface area contributed by atoms with Gasteiger partial charge in [0.25, 0.3) is 5.91 Å². The van der Waals surface area contributed by atoms with Crippen molar-refractivity contribution < 1.29 is 19.4 Å². The van der Waals surface area contributed by atoms with Crippen molar-refractivity contribution in [2.24, 2.45) is 0 Å². The summed E-state index contributed by atoms with van der Waals surface area (Å²) in [4.78, 5) is 14.9. The highest BCUT2D eigenvalue weighted by Crippen LogP contribution is 2.37. The maximum absolute atomic E-state index is 12.6. The van der Waals surface area contributed by atoms with Gasteiger partial charge in [0.2, 0.25) is 0 Å². The normalized spacial score (nSPS) is 18.0. The molecular formula is C17H26N2O4. The molecule has 1 aromatic carbocycles. The number of nitrogens with zero attached hydrogens (tertiary/aromatic N) is 1. The monoisotopic (exact) mass is 322 g/mol. The van der Waals surface area contributed by atoms with Crippen LogP contribution in [0, 0.1) is 0 Å². The highest BCUT2D eigenvalue weighted by Gasteiger charge is 2.26. The van der Waals surface area contributed by atoms with Gasteiger partial charge in [-0.1, -0.05) is 6.92 Å². The number of ether oxygens (including phenoxy) is 2. The van der Waals surface area contributed by atoms with Gasteiger partial charge in [0.15, 0.2) is 11.5 Å². The topological polar surface area (TPSA) is 71.0 Å². The van der Waals surface area contributed by atoms with E-state index in [-0.39, 0.29) is 23.0 Å². The summed E-state index contributed by atoms with van der Waals surface area (Å²) < 4.78 is 10.8.